The molecule has 7 heteroatoms. The Labute approximate surface area is 155 Å². The second kappa shape index (κ2) is 7.84. The quantitative estimate of drug-likeness (QED) is 0.647. The fourth-order valence-corrected chi connectivity index (χ4v) is 2.93. The first-order chi connectivity index (χ1) is 12.9. The SMILES string of the molecule is COc1ccc(-n2ncc([C@@H](C)NCc3c(F)ccc(F)c3F)c2C)cc1. The molecule has 3 aromatic rings. The van der Waals surface area contributed by atoms with Crippen LogP contribution in [0.25, 0.3) is 5.69 Å². The number of halogens is 3. The summed E-state index contributed by atoms with van der Waals surface area (Å²) in [6.45, 7) is 3.63. The Hall–Kier alpha value is -2.80. The molecule has 0 unspecified atom stereocenters. The zero-order valence-corrected chi connectivity index (χ0v) is 15.3. The summed E-state index contributed by atoms with van der Waals surface area (Å²) >= 11 is 0. The van der Waals surface area contributed by atoms with E-state index < -0.39 is 17.5 Å². The normalized spacial score (nSPS) is 12.2. The first-order valence-corrected chi connectivity index (χ1v) is 8.47. The van der Waals surface area contributed by atoms with Crippen LogP contribution in [-0.2, 0) is 6.54 Å². The Morgan fingerprint density at radius 3 is 2.41 bits per heavy atom. The van der Waals surface area contributed by atoms with E-state index in [1.807, 2.05) is 38.1 Å². The van der Waals surface area contributed by atoms with Crippen molar-refractivity contribution in [2.45, 2.75) is 26.4 Å². The maximum absolute atomic E-state index is 13.8. The van der Waals surface area contributed by atoms with Crippen LogP contribution in [0.2, 0.25) is 0 Å². The minimum atomic E-state index is -1.17. The number of methoxy groups -OCH3 is 1. The van der Waals surface area contributed by atoms with Gasteiger partial charge in [0.15, 0.2) is 11.6 Å². The van der Waals surface area contributed by atoms with Crippen molar-refractivity contribution in [1.29, 1.82) is 0 Å². The standard InChI is InChI=1S/C20H20F3N3O/c1-12(24-10-17-18(21)8-9-19(22)20(17)23)16-11-25-26(13(16)2)14-4-6-15(27-3)7-5-14/h4-9,11-12,24H,10H2,1-3H3/t12-/m1/s1. The minimum Gasteiger partial charge on any atom is -0.497 e. The van der Waals surface area contributed by atoms with Crippen molar-refractivity contribution < 1.29 is 17.9 Å². The van der Waals surface area contributed by atoms with Gasteiger partial charge < -0.3 is 10.1 Å². The van der Waals surface area contributed by atoms with E-state index in [1.165, 1.54) is 0 Å². The maximum atomic E-state index is 13.8. The van der Waals surface area contributed by atoms with E-state index >= 15 is 0 Å². The Kier molecular flexibility index (Phi) is 5.51. The number of hydrogen-bond acceptors (Lipinski definition) is 3. The maximum Gasteiger partial charge on any atom is 0.166 e. The van der Waals surface area contributed by atoms with Crippen LogP contribution in [0.1, 0.15) is 29.8 Å². The monoisotopic (exact) mass is 375 g/mol. The van der Waals surface area contributed by atoms with Gasteiger partial charge in [0.05, 0.1) is 19.0 Å². The predicted octanol–water partition coefficient (Wildman–Crippen LogP) is 4.46. The zero-order chi connectivity index (χ0) is 19.6. The van der Waals surface area contributed by atoms with Crippen LogP contribution in [0.3, 0.4) is 0 Å². The number of rotatable bonds is 6. The second-order valence-corrected chi connectivity index (χ2v) is 6.22. The zero-order valence-electron chi connectivity index (χ0n) is 15.3. The largest absolute Gasteiger partial charge is 0.497 e. The number of ether oxygens (including phenoxy) is 1. The van der Waals surface area contributed by atoms with Gasteiger partial charge in [0.25, 0.3) is 0 Å². The van der Waals surface area contributed by atoms with Crippen LogP contribution in [0.5, 0.6) is 5.75 Å². The van der Waals surface area contributed by atoms with E-state index in [4.69, 9.17) is 4.74 Å². The fourth-order valence-electron chi connectivity index (χ4n) is 2.93. The van der Waals surface area contributed by atoms with Crippen LogP contribution < -0.4 is 10.1 Å². The van der Waals surface area contributed by atoms with Crippen molar-refractivity contribution in [1.82, 2.24) is 15.1 Å². The highest BCUT2D eigenvalue weighted by molar-refractivity contribution is 5.39. The lowest BCUT2D eigenvalue weighted by Crippen LogP contribution is -2.20. The van der Waals surface area contributed by atoms with E-state index in [2.05, 4.69) is 10.4 Å². The van der Waals surface area contributed by atoms with Crippen molar-refractivity contribution in [2.24, 2.45) is 0 Å². The highest BCUT2D eigenvalue weighted by atomic mass is 19.2. The van der Waals surface area contributed by atoms with Gasteiger partial charge in [0.1, 0.15) is 11.6 Å². The molecule has 1 heterocycles. The van der Waals surface area contributed by atoms with Gasteiger partial charge in [-0.15, -0.1) is 0 Å². The summed E-state index contributed by atoms with van der Waals surface area (Å²) in [6, 6.07) is 8.92. The second-order valence-electron chi connectivity index (χ2n) is 6.22. The van der Waals surface area contributed by atoms with E-state index in [9.17, 15) is 13.2 Å². The molecule has 0 aliphatic rings. The minimum absolute atomic E-state index is 0.135. The van der Waals surface area contributed by atoms with Gasteiger partial charge in [-0.1, -0.05) is 0 Å². The molecule has 4 nitrogen and oxygen atoms in total. The van der Waals surface area contributed by atoms with Gasteiger partial charge in [-0.25, -0.2) is 17.9 Å². The first kappa shape index (κ1) is 19.0. The number of aromatic nitrogens is 2. The lowest BCUT2D eigenvalue weighted by molar-refractivity contribution is 0.414. The molecule has 0 bridgehead atoms. The molecule has 0 saturated heterocycles. The van der Waals surface area contributed by atoms with Crippen LogP contribution in [0.4, 0.5) is 13.2 Å². The molecule has 0 aliphatic carbocycles. The summed E-state index contributed by atoms with van der Waals surface area (Å²) in [6.07, 6.45) is 1.70. The number of hydrogen-bond donors (Lipinski definition) is 1. The van der Waals surface area contributed by atoms with Gasteiger partial charge in [-0.05, 0) is 50.2 Å². The van der Waals surface area contributed by atoms with E-state index in [0.717, 1.165) is 34.8 Å². The highest BCUT2D eigenvalue weighted by Gasteiger charge is 2.17. The smallest absolute Gasteiger partial charge is 0.166 e. The van der Waals surface area contributed by atoms with Gasteiger partial charge in [-0.2, -0.15) is 5.10 Å². The lowest BCUT2D eigenvalue weighted by Gasteiger charge is -2.15. The third-order valence-corrected chi connectivity index (χ3v) is 4.56. The summed E-state index contributed by atoms with van der Waals surface area (Å²) < 4.78 is 47.8. The van der Waals surface area contributed by atoms with Crippen molar-refractivity contribution in [3.05, 3.63) is 76.9 Å². The molecule has 1 N–H and O–H groups in total. The van der Waals surface area contributed by atoms with Crippen LogP contribution >= 0.6 is 0 Å². The number of benzene rings is 2. The first-order valence-electron chi connectivity index (χ1n) is 8.47. The Bertz CT molecular complexity index is 938. The number of nitrogens with one attached hydrogen (secondary N) is 1. The van der Waals surface area contributed by atoms with Crippen LogP contribution in [0.15, 0.2) is 42.6 Å². The average molecular weight is 375 g/mol. The molecular formula is C20H20F3N3O. The summed E-state index contributed by atoms with van der Waals surface area (Å²) in [7, 11) is 1.60. The van der Waals surface area contributed by atoms with Crippen LogP contribution in [-0.4, -0.2) is 16.9 Å². The summed E-state index contributed by atoms with van der Waals surface area (Å²) in [4.78, 5) is 0. The van der Waals surface area contributed by atoms with Gasteiger partial charge in [0.2, 0.25) is 0 Å². The van der Waals surface area contributed by atoms with Crippen LogP contribution in [0, 0.1) is 24.4 Å². The molecule has 2 aromatic carbocycles. The van der Waals surface area contributed by atoms with E-state index in [0.29, 0.717) is 0 Å². The third kappa shape index (κ3) is 3.83. The van der Waals surface area contributed by atoms with E-state index in [1.54, 1.807) is 18.0 Å². The van der Waals surface area contributed by atoms with Crippen molar-refractivity contribution in [3.63, 3.8) is 0 Å². The average Bonchev–Trinajstić information content (AvgIpc) is 3.06. The van der Waals surface area contributed by atoms with Crippen molar-refractivity contribution in [3.8, 4) is 11.4 Å². The van der Waals surface area contributed by atoms with Gasteiger partial charge in [-0.3, -0.25) is 0 Å². The molecule has 0 saturated carbocycles. The molecule has 3 rings (SSSR count). The summed E-state index contributed by atoms with van der Waals surface area (Å²) in [5.41, 5.74) is 2.32. The predicted molar refractivity (Wildman–Crippen MR) is 96.4 cm³/mol. The van der Waals surface area contributed by atoms with E-state index in [-0.39, 0.29) is 18.2 Å². The molecule has 142 valence electrons. The molecule has 0 spiro atoms. The topological polar surface area (TPSA) is 39.1 Å². The van der Waals surface area contributed by atoms with Gasteiger partial charge in [0, 0.05) is 29.4 Å². The Balaban J connectivity index is 1.77. The number of nitrogens with zero attached hydrogens (tertiary/aromatic N) is 2. The Morgan fingerprint density at radius 2 is 1.74 bits per heavy atom. The van der Waals surface area contributed by atoms with Gasteiger partial charge >= 0.3 is 0 Å². The molecule has 1 aromatic heterocycles. The molecule has 0 aliphatic heterocycles. The molecule has 0 amide bonds. The summed E-state index contributed by atoms with van der Waals surface area (Å²) in [5.74, 6) is -2.26. The molecule has 0 fully saturated rings. The highest BCUT2D eigenvalue weighted by Crippen LogP contribution is 2.23. The molecule has 0 radical (unpaired) electrons. The lowest BCUT2D eigenvalue weighted by atomic mass is 10.1. The third-order valence-electron chi connectivity index (χ3n) is 4.56. The molecule has 1 atom stereocenters. The fraction of sp³-hybridized carbons (Fsp3) is 0.250. The molecule has 27 heavy (non-hydrogen) atoms. The van der Waals surface area contributed by atoms with Crippen molar-refractivity contribution >= 4 is 0 Å². The Morgan fingerprint density at radius 1 is 1.07 bits per heavy atom. The van der Waals surface area contributed by atoms with Crippen molar-refractivity contribution in [2.75, 3.05) is 7.11 Å². The summed E-state index contributed by atoms with van der Waals surface area (Å²) in [5, 5.41) is 7.42. The molecular weight excluding hydrogens is 355 g/mol.